The Morgan fingerprint density at radius 1 is 1.00 bits per heavy atom. The molecule has 0 fully saturated rings. The number of carbonyl (C=O) groups is 1. The number of ether oxygens (including phenoxy) is 1. The first-order valence-corrected chi connectivity index (χ1v) is 13.3. The molecule has 10 nitrogen and oxygen atoms in total. The van der Waals surface area contributed by atoms with Crippen molar-refractivity contribution in [3.05, 3.63) is 106 Å². The molecule has 220 valence electrons. The molecular weight excluding hydrogens is 563 g/mol. The van der Waals surface area contributed by atoms with Gasteiger partial charge >= 0.3 is 11.9 Å². The minimum atomic E-state index is -4.60. The molecule has 5 aromatic rings. The first-order chi connectivity index (χ1) is 20.7. The summed E-state index contributed by atoms with van der Waals surface area (Å²) in [7, 11) is 1.41. The van der Waals surface area contributed by atoms with Gasteiger partial charge in [0.2, 0.25) is 5.95 Å². The zero-order valence-electron chi connectivity index (χ0n) is 23.1. The molecule has 0 aliphatic heterocycles. The van der Waals surface area contributed by atoms with Crippen molar-refractivity contribution in [3.8, 4) is 11.4 Å². The number of carbonyl (C=O) groups excluding carboxylic acids is 1. The second-order valence-electron chi connectivity index (χ2n) is 9.41. The summed E-state index contributed by atoms with van der Waals surface area (Å²) < 4.78 is 46.4. The molecule has 0 aliphatic rings. The molecule has 0 atom stereocenters. The van der Waals surface area contributed by atoms with Crippen LogP contribution in [0.5, 0.6) is 5.75 Å². The van der Waals surface area contributed by atoms with Crippen molar-refractivity contribution in [2.24, 2.45) is 0 Å². The highest BCUT2D eigenvalue weighted by atomic mass is 19.4. The van der Waals surface area contributed by atoms with Crippen LogP contribution in [-0.2, 0) is 19.0 Å². The second kappa shape index (κ2) is 12.3. The van der Waals surface area contributed by atoms with Crippen LogP contribution in [0.25, 0.3) is 16.7 Å². The van der Waals surface area contributed by atoms with E-state index >= 15 is 0 Å². The third-order valence-corrected chi connectivity index (χ3v) is 6.52. The van der Waals surface area contributed by atoms with Gasteiger partial charge in [0.25, 0.3) is 5.91 Å². The lowest BCUT2D eigenvalue weighted by molar-refractivity contribution is -0.137. The molecule has 1 amide bonds. The molecule has 0 radical (unpaired) electrons. The summed E-state index contributed by atoms with van der Waals surface area (Å²) in [6.07, 6.45) is -0.490. The van der Waals surface area contributed by atoms with E-state index in [1.165, 1.54) is 29.9 Å². The molecule has 2 aromatic carbocycles. The minimum Gasteiger partial charge on any atom is -0.497 e. The number of aryl methyl sites for hydroxylation is 2. The van der Waals surface area contributed by atoms with Crippen LogP contribution in [-0.4, -0.2) is 44.1 Å². The number of alkyl halides is 3. The monoisotopic (exact) mass is 589 g/mol. The van der Waals surface area contributed by atoms with Crippen LogP contribution in [0, 0.1) is 0 Å². The molecule has 0 unspecified atom stereocenters. The van der Waals surface area contributed by atoms with Crippen LogP contribution in [0.1, 0.15) is 34.2 Å². The van der Waals surface area contributed by atoms with Crippen molar-refractivity contribution < 1.29 is 22.7 Å². The zero-order valence-corrected chi connectivity index (χ0v) is 23.1. The number of hydrogen-bond acceptors (Lipinski definition) is 8. The number of hydrogen-bond donors (Lipinski definition) is 2. The van der Waals surface area contributed by atoms with Gasteiger partial charge < -0.3 is 15.4 Å². The van der Waals surface area contributed by atoms with Gasteiger partial charge in [0.15, 0.2) is 5.65 Å². The number of methoxy groups -OCH3 is 1. The van der Waals surface area contributed by atoms with Gasteiger partial charge in [-0.05, 0) is 56.2 Å². The molecule has 0 saturated carbocycles. The Bertz CT molecular complexity index is 1840. The van der Waals surface area contributed by atoms with Crippen molar-refractivity contribution in [1.29, 1.82) is 0 Å². The minimum absolute atomic E-state index is 0.187. The molecule has 5 rings (SSSR count). The average Bonchev–Trinajstić information content (AvgIpc) is 2.99. The summed E-state index contributed by atoms with van der Waals surface area (Å²) >= 11 is 0. The first-order valence-electron chi connectivity index (χ1n) is 13.3. The van der Waals surface area contributed by atoms with Crippen LogP contribution < -0.4 is 21.1 Å². The quantitative estimate of drug-likeness (QED) is 0.244. The number of anilines is 2. The Hall–Kier alpha value is -5.33. The third-order valence-electron chi connectivity index (χ3n) is 6.52. The fourth-order valence-electron chi connectivity index (χ4n) is 4.53. The Morgan fingerprint density at radius 2 is 1.84 bits per heavy atom. The van der Waals surface area contributed by atoms with E-state index in [1.807, 2.05) is 25.1 Å². The number of nitrogens with zero attached hydrogens (tertiary/aromatic N) is 5. The smallest absolute Gasteiger partial charge is 0.416 e. The molecule has 2 N–H and O–H groups in total. The molecular formula is C30H26F3N7O3. The highest BCUT2D eigenvalue weighted by Crippen LogP contribution is 2.30. The number of benzene rings is 2. The van der Waals surface area contributed by atoms with Crippen molar-refractivity contribution >= 4 is 28.6 Å². The Labute approximate surface area is 243 Å². The first kappa shape index (κ1) is 29.2. The van der Waals surface area contributed by atoms with Crippen LogP contribution in [0.2, 0.25) is 0 Å². The maximum atomic E-state index is 13.5. The van der Waals surface area contributed by atoms with Crippen molar-refractivity contribution in [1.82, 2.24) is 24.5 Å². The Balaban J connectivity index is 1.59. The number of fused-ring (bicyclic) bond motifs is 1. The van der Waals surface area contributed by atoms with Crippen LogP contribution in [0.15, 0.2) is 77.9 Å². The predicted molar refractivity (Wildman–Crippen MR) is 155 cm³/mol. The predicted octanol–water partition coefficient (Wildman–Crippen LogP) is 5.07. The Morgan fingerprint density at radius 3 is 2.56 bits per heavy atom. The number of pyridine rings is 1. The summed E-state index contributed by atoms with van der Waals surface area (Å²) in [5.41, 5.74) is 0.300. The zero-order chi connectivity index (χ0) is 30.6. The maximum absolute atomic E-state index is 13.5. The third kappa shape index (κ3) is 6.61. The molecule has 3 aromatic heterocycles. The van der Waals surface area contributed by atoms with Crippen LogP contribution >= 0.6 is 0 Å². The topological polar surface area (TPSA) is 124 Å². The molecule has 13 heteroatoms. The van der Waals surface area contributed by atoms with E-state index in [0.717, 1.165) is 23.9 Å². The second-order valence-corrected chi connectivity index (χ2v) is 9.41. The van der Waals surface area contributed by atoms with Gasteiger partial charge in [-0.3, -0.25) is 14.3 Å². The highest BCUT2D eigenvalue weighted by Gasteiger charge is 2.31. The van der Waals surface area contributed by atoms with Gasteiger partial charge in [-0.2, -0.15) is 23.1 Å². The standard InChI is InChI=1S/C30H26F3N7O3/c1-3-34-28-36-17-24-25(11-10-20-9-4-5-12-35-20)40(29(42)39-26(24)38-28)22-14-21(15-23(16-22)43-2)37-27(41)18-7-6-8-19(13-18)30(31,32)33/h4-9,12-17H,3,10-11H2,1-2H3,(H,37,41)(H,34,38,39,42). The molecule has 0 aliphatic carbocycles. The number of aromatic nitrogens is 5. The van der Waals surface area contributed by atoms with E-state index in [-0.39, 0.29) is 16.9 Å². The fourth-order valence-corrected chi connectivity index (χ4v) is 4.53. The molecule has 0 bridgehead atoms. The molecule has 0 spiro atoms. The van der Waals surface area contributed by atoms with Gasteiger partial charge in [0, 0.05) is 53.7 Å². The van der Waals surface area contributed by atoms with Gasteiger partial charge in [-0.1, -0.05) is 12.1 Å². The van der Waals surface area contributed by atoms with Crippen molar-refractivity contribution in [2.45, 2.75) is 25.9 Å². The van der Waals surface area contributed by atoms with E-state index in [9.17, 15) is 22.8 Å². The van der Waals surface area contributed by atoms with Crippen molar-refractivity contribution in [3.63, 3.8) is 0 Å². The van der Waals surface area contributed by atoms with Gasteiger partial charge in [0.1, 0.15) is 5.75 Å². The molecule has 0 saturated heterocycles. The summed E-state index contributed by atoms with van der Waals surface area (Å²) in [6.45, 7) is 2.47. The van der Waals surface area contributed by atoms with Crippen LogP contribution in [0.3, 0.4) is 0 Å². The lowest BCUT2D eigenvalue weighted by Crippen LogP contribution is -2.26. The summed E-state index contributed by atoms with van der Waals surface area (Å²) in [5, 5.41) is 6.16. The SMILES string of the molecule is CCNc1ncc2c(CCc3ccccn3)n(-c3cc(NC(=O)c4cccc(C(F)(F)F)c4)cc(OC)c3)c(=O)nc2n1. The molecule has 43 heavy (non-hydrogen) atoms. The molecule has 3 heterocycles. The Kier molecular flexibility index (Phi) is 8.32. The number of rotatable bonds is 9. The van der Waals surface area contributed by atoms with Crippen LogP contribution in [0.4, 0.5) is 24.8 Å². The lowest BCUT2D eigenvalue weighted by atomic mass is 10.1. The number of nitrogens with one attached hydrogen (secondary N) is 2. The van der Waals surface area contributed by atoms with Crippen molar-refractivity contribution in [2.75, 3.05) is 24.3 Å². The number of halogens is 3. The lowest BCUT2D eigenvalue weighted by Gasteiger charge is -2.17. The van der Waals surface area contributed by atoms with Gasteiger partial charge in [-0.25, -0.2) is 9.78 Å². The highest BCUT2D eigenvalue weighted by molar-refractivity contribution is 6.04. The largest absolute Gasteiger partial charge is 0.497 e. The van der Waals surface area contributed by atoms with Gasteiger partial charge in [0.05, 0.1) is 23.7 Å². The van der Waals surface area contributed by atoms with E-state index < -0.39 is 23.3 Å². The van der Waals surface area contributed by atoms with E-state index in [1.54, 1.807) is 18.5 Å². The summed E-state index contributed by atoms with van der Waals surface area (Å²) in [4.78, 5) is 43.9. The summed E-state index contributed by atoms with van der Waals surface area (Å²) in [5.74, 6) is -0.149. The maximum Gasteiger partial charge on any atom is 0.416 e. The normalized spacial score (nSPS) is 11.4. The van der Waals surface area contributed by atoms with E-state index in [2.05, 4.69) is 30.6 Å². The average molecular weight is 590 g/mol. The van der Waals surface area contributed by atoms with Gasteiger partial charge in [-0.15, -0.1) is 0 Å². The summed E-state index contributed by atoms with van der Waals surface area (Å²) in [6, 6.07) is 14.2. The van der Waals surface area contributed by atoms with E-state index in [4.69, 9.17) is 4.74 Å². The number of amides is 1. The van der Waals surface area contributed by atoms with E-state index in [0.29, 0.717) is 47.9 Å². The fraction of sp³-hybridized carbons (Fsp3) is 0.200.